The predicted molar refractivity (Wildman–Crippen MR) is 138 cm³/mol. The van der Waals surface area contributed by atoms with Gasteiger partial charge in [-0.2, -0.15) is 0 Å². The number of hydrogen-bond acceptors (Lipinski definition) is 7. The fourth-order valence-corrected chi connectivity index (χ4v) is 5.17. The van der Waals surface area contributed by atoms with E-state index in [1.165, 1.54) is 30.3 Å². The molecule has 37 heavy (non-hydrogen) atoms. The van der Waals surface area contributed by atoms with Crippen LogP contribution in [-0.4, -0.2) is 47.0 Å². The lowest BCUT2D eigenvalue weighted by Crippen LogP contribution is -2.47. The number of carbonyl (C=O) groups excluding carboxylic acids is 3. The molecule has 0 unspecified atom stereocenters. The topological polar surface area (TPSA) is 138 Å². The normalized spacial score (nSPS) is 14.0. The zero-order chi connectivity index (χ0) is 26.9. The average molecular weight is 522 g/mol. The van der Waals surface area contributed by atoms with Gasteiger partial charge in [-0.15, -0.1) is 0 Å². The first-order chi connectivity index (χ1) is 17.5. The molecule has 192 valence electrons. The fraction of sp³-hybridized carbons (Fsp3) is 0.269. The van der Waals surface area contributed by atoms with Crippen molar-refractivity contribution in [1.82, 2.24) is 14.9 Å². The molecule has 0 spiro atoms. The van der Waals surface area contributed by atoms with Gasteiger partial charge in [0.25, 0.3) is 21.8 Å². The number of aryl methyl sites for hydroxylation is 2. The first-order valence-corrected chi connectivity index (χ1v) is 13.2. The van der Waals surface area contributed by atoms with Crippen molar-refractivity contribution < 1.29 is 22.8 Å². The van der Waals surface area contributed by atoms with E-state index in [1.54, 1.807) is 38.1 Å². The molecule has 0 saturated carbocycles. The highest BCUT2D eigenvalue weighted by Gasteiger charge is 2.42. The first-order valence-electron chi connectivity index (χ1n) is 11.7. The summed E-state index contributed by atoms with van der Waals surface area (Å²) in [6.07, 6.45) is 0.269. The van der Waals surface area contributed by atoms with E-state index in [1.807, 2.05) is 13.8 Å². The number of hydrogen-bond donors (Lipinski definition) is 2. The van der Waals surface area contributed by atoms with Crippen molar-refractivity contribution in [2.24, 2.45) is 5.92 Å². The summed E-state index contributed by atoms with van der Waals surface area (Å²) in [4.78, 5) is 48.4. The Hall–Kier alpha value is -4.12. The van der Waals surface area contributed by atoms with Gasteiger partial charge in [-0.05, 0) is 62.6 Å². The number of aromatic nitrogens is 2. The maximum absolute atomic E-state index is 13.3. The second kappa shape index (κ2) is 10.1. The van der Waals surface area contributed by atoms with Gasteiger partial charge in [0.15, 0.2) is 0 Å². The Kier molecular flexibility index (Phi) is 7.08. The number of fused-ring (bicyclic) bond motifs is 1. The van der Waals surface area contributed by atoms with Crippen LogP contribution < -0.4 is 10.0 Å². The molecule has 2 N–H and O–H groups in total. The van der Waals surface area contributed by atoms with Crippen LogP contribution >= 0.6 is 0 Å². The van der Waals surface area contributed by atoms with E-state index in [-0.39, 0.29) is 34.2 Å². The van der Waals surface area contributed by atoms with Crippen LogP contribution in [0.25, 0.3) is 0 Å². The van der Waals surface area contributed by atoms with Gasteiger partial charge >= 0.3 is 0 Å². The van der Waals surface area contributed by atoms with Gasteiger partial charge < -0.3 is 5.32 Å². The molecule has 0 bridgehead atoms. The quantitative estimate of drug-likeness (QED) is 0.432. The standard InChI is InChI=1S/C26H27N5O5S/c1-15(2)13-22(31-25(33)20-7-5-6-8-21(20)26(31)34)24(32)29-18-9-11-19(12-10-18)37(35,36)30-23-14-16(3)27-17(4)28-23/h5-12,14-15,22H,13H2,1-4H3,(H,29,32)(H,27,28,30)/t22-/m1/s1. The number of nitrogens with one attached hydrogen (secondary N) is 2. The van der Waals surface area contributed by atoms with Crippen LogP contribution in [0.1, 0.15) is 52.5 Å². The van der Waals surface area contributed by atoms with E-state index in [4.69, 9.17) is 0 Å². The number of imide groups is 1. The molecule has 2 aromatic carbocycles. The minimum Gasteiger partial charge on any atom is -0.324 e. The molecular formula is C26H27N5O5S. The Morgan fingerprint density at radius 3 is 2.08 bits per heavy atom. The molecular weight excluding hydrogens is 494 g/mol. The third-order valence-corrected chi connectivity index (χ3v) is 7.14. The van der Waals surface area contributed by atoms with E-state index >= 15 is 0 Å². The molecule has 1 aliphatic heterocycles. The third kappa shape index (κ3) is 5.51. The lowest BCUT2D eigenvalue weighted by atomic mass is 10.0. The lowest BCUT2D eigenvalue weighted by Gasteiger charge is -2.26. The fourth-order valence-electron chi connectivity index (χ4n) is 4.18. The van der Waals surface area contributed by atoms with Crippen LogP contribution in [0, 0.1) is 19.8 Å². The lowest BCUT2D eigenvalue weighted by molar-refractivity contribution is -0.120. The SMILES string of the molecule is Cc1cc(NS(=O)(=O)c2ccc(NC(=O)[C@@H](CC(C)C)N3C(=O)c4ccccc4C3=O)cc2)nc(C)n1. The zero-order valence-electron chi connectivity index (χ0n) is 20.8. The molecule has 0 fully saturated rings. The summed E-state index contributed by atoms with van der Waals surface area (Å²) in [5.41, 5.74) is 1.48. The highest BCUT2D eigenvalue weighted by Crippen LogP contribution is 2.28. The maximum Gasteiger partial charge on any atom is 0.263 e. The van der Waals surface area contributed by atoms with Crippen LogP contribution in [0.4, 0.5) is 11.5 Å². The van der Waals surface area contributed by atoms with Gasteiger partial charge in [0.1, 0.15) is 17.7 Å². The molecule has 2 heterocycles. The predicted octanol–water partition coefficient (Wildman–Crippen LogP) is 3.54. The molecule has 3 amide bonds. The van der Waals surface area contributed by atoms with E-state index in [2.05, 4.69) is 20.0 Å². The van der Waals surface area contributed by atoms with Gasteiger partial charge in [-0.25, -0.2) is 18.4 Å². The number of rotatable bonds is 8. The first kappa shape index (κ1) is 26.0. The van der Waals surface area contributed by atoms with Crippen molar-refractivity contribution in [2.75, 3.05) is 10.0 Å². The highest BCUT2D eigenvalue weighted by atomic mass is 32.2. The second-order valence-corrected chi connectivity index (χ2v) is 10.9. The largest absolute Gasteiger partial charge is 0.324 e. The minimum absolute atomic E-state index is 0.0210. The van der Waals surface area contributed by atoms with Crippen LogP contribution in [0.2, 0.25) is 0 Å². The van der Waals surface area contributed by atoms with Gasteiger partial charge in [-0.1, -0.05) is 26.0 Å². The van der Waals surface area contributed by atoms with Gasteiger partial charge in [0.2, 0.25) is 5.91 Å². The smallest absolute Gasteiger partial charge is 0.263 e. The molecule has 4 rings (SSSR count). The summed E-state index contributed by atoms with van der Waals surface area (Å²) in [6.45, 7) is 7.19. The van der Waals surface area contributed by atoms with Gasteiger partial charge in [-0.3, -0.25) is 24.0 Å². The van der Waals surface area contributed by atoms with E-state index < -0.39 is 33.8 Å². The molecule has 10 nitrogen and oxygen atoms in total. The summed E-state index contributed by atoms with van der Waals surface area (Å²) in [5, 5.41) is 2.71. The number of anilines is 2. The highest BCUT2D eigenvalue weighted by molar-refractivity contribution is 7.92. The van der Waals surface area contributed by atoms with Crippen LogP contribution in [0.15, 0.2) is 59.5 Å². The Morgan fingerprint density at radius 2 is 1.54 bits per heavy atom. The summed E-state index contributed by atoms with van der Waals surface area (Å²) in [5.74, 6) is -0.950. The zero-order valence-corrected chi connectivity index (χ0v) is 21.7. The summed E-state index contributed by atoms with van der Waals surface area (Å²) in [6, 6.07) is 12.5. The number of benzene rings is 2. The van der Waals surface area contributed by atoms with Crippen molar-refractivity contribution in [3.05, 3.63) is 77.2 Å². The van der Waals surface area contributed by atoms with Crippen molar-refractivity contribution in [3.8, 4) is 0 Å². The van der Waals surface area contributed by atoms with Crippen LogP contribution in [0.5, 0.6) is 0 Å². The van der Waals surface area contributed by atoms with E-state index in [9.17, 15) is 22.8 Å². The average Bonchev–Trinajstić information content (AvgIpc) is 3.07. The van der Waals surface area contributed by atoms with Crippen molar-refractivity contribution >= 4 is 39.3 Å². The molecule has 0 radical (unpaired) electrons. The number of amides is 3. The third-order valence-electron chi connectivity index (χ3n) is 5.77. The van der Waals surface area contributed by atoms with E-state index in [0.717, 1.165) is 4.90 Å². The van der Waals surface area contributed by atoms with Crippen LogP contribution in [-0.2, 0) is 14.8 Å². The monoisotopic (exact) mass is 521 g/mol. The van der Waals surface area contributed by atoms with E-state index in [0.29, 0.717) is 17.2 Å². The second-order valence-electron chi connectivity index (χ2n) is 9.23. The molecule has 3 aromatic rings. The van der Waals surface area contributed by atoms with Crippen molar-refractivity contribution in [3.63, 3.8) is 0 Å². The Bertz CT molecular complexity index is 1430. The molecule has 0 saturated heterocycles. The Balaban J connectivity index is 1.52. The molecule has 11 heteroatoms. The summed E-state index contributed by atoms with van der Waals surface area (Å²) in [7, 11) is -3.93. The molecule has 1 aliphatic rings. The summed E-state index contributed by atoms with van der Waals surface area (Å²) >= 11 is 0. The van der Waals surface area contributed by atoms with Crippen molar-refractivity contribution in [2.45, 2.75) is 45.1 Å². The van der Waals surface area contributed by atoms with Crippen molar-refractivity contribution in [1.29, 1.82) is 0 Å². The number of sulfonamides is 1. The van der Waals surface area contributed by atoms with Gasteiger partial charge in [0, 0.05) is 17.4 Å². The maximum atomic E-state index is 13.3. The Labute approximate surface area is 215 Å². The van der Waals surface area contributed by atoms with Gasteiger partial charge in [0.05, 0.1) is 16.0 Å². The minimum atomic E-state index is -3.93. The number of nitrogens with zero attached hydrogens (tertiary/aromatic N) is 3. The Morgan fingerprint density at radius 1 is 0.946 bits per heavy atom. The molecule has 0 aliphatic carbocycles. The number of carbonyl (C=O) groups is 3. The van der Waals surface area contributed by atoms with Crippen LogP contribution in [0.3, 0.4) is 0 Å². The summed E-state index contributed by atoms with van der Waals surface area (Å²) < 4.78 is 28.0. The molecule has 1 atom stereocenters. The molecule has 1 aromatic heterocycles.